The van der Waals surface area contributed by atoms with Crippen molar-refractivity contribution >= 4 is 33.5 Å². The van der Waals surface area contributed by atoms with Gasteiger partial charge in [0, 0.05) is 47.9 Å². The van der Waals surface area contributed by atoms with Crippen LogP contribution in [0.2, 0.25) is 0 Å². The maximum atomic E-state index is 14.8. The smallest absolute Gasteiger partial charge is 0.224 e. The molecule has 5 heterocycles. The number of hydrogen-bond donors (Lipinski definition) is 3. The van der Waals surface area contributed by atoms with E-state index in [9.17, 15) is 9.18 Å². The van der Waals surface area contributed by atoms with Crippen LogP contribution in [-0.4, -0.2) is 67.2 Å². The second kappa shape index (κ2) is 12.4. The van der Waals surface area contributed by atoms with E-state index >= 15 is 0 Å². The number of carbonyl (C=O) groups excluding carboxylic acids is 1. The Morgan fingerprint density at radius 3 is 2.76 bits per heavy atom. The van der Waals surface area contributed by atoms with Gasteiger partial charge in [-0.2, -0.15) is 5.10 Å². The van der Waals surface area contributed by atoms with Gasteiger partial charge in [-0.15, -0.1) is 0 Å². The Labute approximate surface area is 259 Å². The van der Waals surface area contributed by atoms with Crippen molar-refractivity contribution in [2.75, 3.05) is 31.6 Å². The summed E-state index contributed by atoms with van der Waals surface area (Å²) < 4.78 is 20.7. The van der Waals surface area contributed by atoms with Crippen LogP contribution in [0.5, 0.6) is 5.75 Å². The van der Waals surface area contributed by atoms with Crippen molar-refractivity contribution in [3.8, 4) is 39.7 Å². The number of amides is 1. The number of pyridine rings is 2. The monoisotopic (exact) mass is 604 g/mol. The van der Waals surface area contributed by atoms with E-state index in [-0.39, 0.29) is 5.91 Å². The first-order chi connectivity index (χ1) is 22.0. The fraction of sp³-hybridized carbons (Fsp3) is 0.265. The number of H-pyrrole nitrogens is 2. The molecule has 0 aliphatic carbocycles. The van der Waals surface area contributed by atoms with E-state index in [0.29, 0.717) is 52.8 Å². The summed E-state index contributed by atoms with van der Waals surface area (Å²) in [5, 5.41) is 11.4. The van der Waals surface area contributed by atoms with E-state index < -0.39 is 5.82 Å². The summed E-state index contributed by atoms with van der Waals surface area (Å²) in [6.45, 7) is 5.45. The molecular formula is C34H33FN8O2. The van der Waals surface area contributed by atoms with Crippen LogP contribution in [0.4, 0.5) is 10.1 Å². The summed E-state index contributed by atoms with van der Waals surface area (Å²) in [4.78, 5) is 31.7. The number of hydrogen-bond acceptors (Lipinski definition) is 7. The third-order valence-corrected chi connectivity index (χ3v) is 8.04. The molecule has 4 aromatic heterocycles. The van der Waals surface area contributed by atoms with Crippen LogP contribution < -0.4 is 10.1 Å². The van der Waals surface area contributed by atoms with Gasteiger partial charge >= 0.3 is 0 Å². The van der Waals surface area contributed by atoms with Gasteiger partial charge < -0.3 is 15.0 Å². The van der Waals surface area contributed by atoms with Crippen LogP contribution in [0.25, 0.3) is 55.8 Å². The Morgan fingerprint density at radius 1 is 1.00 bits per heavy atom. The summed E-state index contributed by atoms with van der Waals surface area (Å²) in [5.41, 5.74) is 6.39. The van der Waals surface area contributed by atoms with Crippen molar-refractivity contribution in [3.63, 3.8) is 0 Å². The first-order valence-corrected chi connectivity index (χ1v) is 15.3. The van der Waals surface area contributed by atoms with E-state index in [4.69, 9.17) is 9.72 Å². The van der Waals surface area contributed by atoms with Gasteiger partial charge in [-0.3, -0.25) is 24.8 Å². The number of halogens is 1. The topological polar surface area (TPSA) is 125 Å². The normalized spacial score (nSPS) is 13.6. The number of likely N-dealkylation sites (tertiary alicyclic amines) is 1. The Balaban J connectivity index is 1.19. The minimum absolute atomic E-state index is 0.0396. The van der Waals surface area contributed by atoms with Crippen LogP contribution in [-0.2, 0) is 4.79 Å². The molecule has 11 heteroatoms. The Hall–Kier alpha value is -5.16. The van der Waals surface area contributed by atoms with Gasteiger partial charge in [-0.05, 0) is 74.3 Å². The molecule has 0 unspecified atom stereocenters. The summed E-state index contributed by atoms with van der Waals surface area (Å²) >= 11 is 0. The third-order valence-electron chi connectivity index (χ3n) is 8.04. The minimum atomic E-state index is -0.396. The molecule has 1 amide bonds. The number of anilines is 1. The number of nitrogens with zero attached hydrogens (tertiary/aromatic N) is 5. The number of aromatic nitrogens is 6. The molecule has 45 heavy (non-hydrogen) atoms. The lowest BCUT2D eigenvalue weighted by Crippen LogP contribution is -2.25. The summed E-state index contributed by atoms with van der Waals surface area (Å²) in [6.07, 6.45) is 8.74. The molecule has 0 saturated carbocycles. The quantitative estimate of drug-likeness (QED) is 0.161. The average molecular weight is 605 g/mol. The molecule has 0 radical (unpaired) electrons. The summed E-state index contributed by atoms with van der Waals surface area (Å²) in [7, 11) is 0. The molecule has 0 atom stereocenters. The second-order valence-corrected chi connectivity index (χ2v) is 11.3. The van der Waals surface area contributed by atoms with Crippen LogP contribution in [0.1, 0.15) is 32.6 Å². The summed E-state index contributed by atoms with van der Waals surface area (Å²) in [6, 6.07) is 14.4. The molecule has 7 rings (SSSR count). The number of fused-ring (bicyclic) bond motifs is 2. The lowest BCUT2D eigenvalue weighted by atomic mass is 10.0. The highest BCUT2D eigenvalue weighted by molar-refractivity contribution is 5.98. The molecule has 1 aliphatic rings. The van der Waals surface area contributed by atoms with Gasteiger partial charge in [0.1, 0.15) is 29.4 Å². The fourth-order valence-corrected chi connectivity index (χ4v) is 5.83. The lowest BCUT2D eigenvalue weighted by Gasteiger charge is -2.15. The highest BCUT2D eigenvalue weighted by Gasteiger charge is 2.18. The van der Waals surface area contributed by atoms with Crippen molar-refractivity contribution in [2.45, 2.75) is 32.6 Å². The van der Waals surface area contributed by atoms with E-state index in [1.54, 1.807) is 18.6 Å². The summed E-state index contributed by atoms with van der Waals surface area (Å²) in [5.74, 6) is 0.586. The molecule has 10 nitrogen and oxygen atoms in total. The standard InChI is InChI=1S/C34H33FN8O2/c1-2-5-30(44)38-25-15-23(19-36-20-25)21-6-7-28-27(17-21)32(42-41-28)34-39-29-8-9-37-31(33(29)40-34)22-14-24(35)18-26(16-22)45-13-12-43-10-3-4-11-43/h6-9,14-20H,2-5,10-13H2,1H3,(H,38,44)(H,39,40)(H,41,42). The number of aromatic amines is 2. The average Bonchev–Trinajstić information content (AvgIpc) is 3.80. The van der Waals surface area contributed by atoms with Gasteiger partial charge in [-0.25, -0.2) is 9.37 Å². The van der Waals surface area contributed by atoms with Gasteiger partial charge in [-0.1, -0.05) is 13.0 Å². The number of ether oxygens (including phenoxy) is 1. The zero-order chi connectivity index (χ0) is 30.8. The molecule has 1 saturated heterocycles. The molecule has 1 aliphatic heterocycles. The maximum absolute atomic E-state index is 14.8. The molecule has 6 aromatic rings. The number of carbonyl (C=O) groups is 1. The van der Waals surface area contributed by atoms with Gasteiger partial charge in [0.05, 0.1) is 28.6 Å². The maximum Gasteiger partial charge on any atom is 0.224 e. The first kappa shape index (κ1) is 28.6. The van der Waals surface area contributed by atoms with Crippen molar-refractivity contribution in [3.05, 3.63) is 72.9 Å². The fourth-order valence-electron chi connectivity index (χ4n) is 5.83. The highest BCUT2D eigenvalue weighted by atomic mass is 19.1. The zero-order valence-electron chi connectivity index (χ0n) is 24.9. The molecule has 0 spiro atoms. The highest BCUT2D eigenvalue weighted by Crippen LogP contribution is 2.34. The number of rotatable bonds is 10. The van der Waals surface area contributed by atoms with Crippen LogP contribution in [0.3, 0.4) is 0 Å². The van der Waals surface area contributed by atoms with Crippen molar-refractivity contribution in [2.24, 2.45) is 0 Å². The number of imidazole rings is 1. The Morgan fingerprint density at radius 2 is 1.89 bits per heavy atom. The van der Waals surface area contributed by atoms with Gasteiger partial charge in [0.25, 0.3) is 0 Å². The first-order valence-electron chi connectivity index (χ1n) is 15.3. The second-order valence-electron chi connectivity index (χ2n) is 11.3. The largest absolute Gasteiger partial charge is 0.492 e. The van der Waals surface area contributed by atoms with Crippen LogP contribution >= 0.6 is 0 Å². The molecule has 3 N–H and O–H groups in total. The van der Waals surface area contributed by atoms with Gasteiger partial charge in [0.15, 0.2) is 5.82 Å². The molecule has 2 aromatic carbocycles. The minimum Gasteiger partial charge on any atom is -0.492 e. The zero-order valence-corrected chi connectivity index (χ0v) is 24.9. The van der Waals surface area contributed by atoms with E-state index in [2.05, 4.69) is 35.4 Å². The predicted octanol–water partition coefficient (Wildman–Crippen LogP) is 6.58. The van der Waals surface area contributed by atoms with Crippen molar-refractivity contribution in [1.29, 1.82) is 0 Å². The number of nitrogens with one attached hydrogen (secondary N) is 3. The van der Waals surface area contributed by atoms with E-state index in [0.717, 1.165) is 53.6 Å². The van der Waals surface area contributed by atoms with Crippen LogP contribution in [0.15, 0.2) is 67.1 Å². The number of benzene rings is 2. The molecule has 1 fully saturated rings. The lowest BCUT2D eigenvalue weighted by molar-refractivity contribution is -0.116. The Kier molecular flexibility index (Phi) is 7.91. The molecule has 228 valence electrons. The van der Waals surface area contributed by atoms with E-state index in [1.807, 2.05) is 43.3 Å². The SMILES string of the molecule is CCCC(=O)Nc1cncc(-c2ccc3[nH]nc(-c4nc5c(-c6cc(F)cc(OCCN7CCCC7)c6)nccc5[nH]4)c3c2)c1. The third kappa shape index (κ3) is 6.12. The van der Waals surface area contributed by atoms with Crippen LogP contribution in [0, 0.1) is 5.82 Å². The predicted molar refractivity (Wildman–Crippen MR) is 172 cm³/mol. The Bertz CT molecular complexity index is 2000. The van der Waals surface area contributed by atoms with Crippen molar-refractivity contribution < 1.29 is 13.9 Å². The molecular weight excluding hydrogens is 571 g/mol. The van der Waals surface area contributed by atoms with E-state index in [1.165, 1.54) is 25.0 Å². The van der Waals surface area contributed by atoms with Gasteiger partial charge in [0.2, 0.25) is 5.91 Å². The molecule has 0 bridgehead atoms. The van der Waals surface area contributed by atoms with Crippen molar-refractivity contribution in [1.82, 2.24) is 35.0 Å².